The Morgan fingerprint density at radius 1 is 0.586 bits per heavy atom. The lowest BCUT2D eigenvalue weighted by Crippen LogP contribution is -2.47. The summed E-state index contributed by atoms with van der Waals surface area (Å²) in [6.07, 6.45) is 16.4. The number of hydrogen-bond donors (Lipinski definition) is 0. The second-order valence-corrected chi connectivity index (χ2v) is 10.7. The van der Waals surface area contributed by atoms with Crippen LogP contribution in [0, 0.1) is 0 Å². The molecule has 0 spiro atoms. The van der Waals surface area contributed by atoms with E-state index >= 15 is 0 Å². The van der Waals surface area contributed by atoms with Gasteiger partial charge in [-0.1, -0.05) is 139 Å². The van der Waals surface area contributed by atoms with Crippen LogP contribution in [0.3, 0.4) is 0 Å². The van der Waals surface area contributed by atoms with Crippen molar-refractivity contribution >= 4 is 19.4 Å². The number of unbranched alkanes of at least 4 members (excludes halogenated alkanes) is 8. The van der Waals surface area contributed by atoms with Gasteiger partial charge in [-0.05, 0) is 23.2 Å². The first kappa shape index (κ1) is 23.9. The van der Waals surface area contributed by atoms with Crippen molar-refractivity contribution in [2.45, 2.75) is 97.0 Å². The van der Waals surface area contributed by atoms with Crippen LogP contribution >= 0.6 is 0 Å². The number of rotatable bonds is 16. The fraction of sp³-hybridized carbons (Fsp3) is 0.556. The van der Waals surface area contributed by atoms with Crippen LogP contribution in [-0.2, 0) is 4.43 Å². The molecule has 2 aromatic rings. The summed E-state index contributed by atoms with van der Waals surface area (Å²) in [7, 11) is -1.63. The summed E-state index contributed by atoms with van der Waals surface area (Å²) in [5.74, 6) is 0. The topological polar surface area (TPSA) is 9.23 Å². The Hall–Kier alpha value is -1.38. The van der Waals surface area contributed by atoms with Gasteiger partial charge in [-0.15, -0.1) is 0 Å². The molecule has 160 valence electrons. The summed E-state index contributed by atoms with van der Waals surface area (Å²) in [4.78, 5) is 0. The van der Waals surface area contributed by atoms with Crippen molar-refractivity contribution in [3.05, 3.63) is 60.7 Å². The lowest BCUT2D eigenvalue weighted by molar-refractivity contribution is 0.180. The Morgan fingerprint density at radius 3 is 1.55 bits per heavy atom. The van der Waals surface area contributed by atoms with Crippen molar-refractivity contribution in [2.24, 2.45) is 0 Å². The Labute approximate surface area is 181 Å². The molecule has 2 heteroatoms. The van der Waals surface area contributed by atoms with Crippen molar-refractivity contribution in [2.75, 3.05) is 0 Å². The summed E-state index contributed by atoms with van der Waals surface area (Å²) >= 11 is 0. The molecule has 0 aliphatic carbocycles. The number of benzene rings is 2. The van der Waals surface area contributed by atoms with Crippen LogP contribution in [-0.4, -0.2) is 15.1 Å². The first-order valence-corrected chi connectivity index (χ1v) is 13.7. The standard InChI is InChI=1S/C27H42OSi/c1-3-5-7-8-9-10-11-14-20-25(19-6-4-2)28-29(26-21-15-12-16-22-26)27-23-17-13-18-24-27/h12-13,15-18,21-25,29H,3-11,14,19-20H2,1-2H3. The molecule has 0 bridgehead atoms. The van der Waals surface area contributed by atoms with Crippen LogP contribution in [0.1, 0.15) is 90.9 Å². The average molecular weight is 411 g/mol. The van der Waals surface area contributed by atoms with Crippen molar-refractivity contribution in [3.8, 4) is 0 Å². The van der Waals surface area contributed by atoms with Crippen molar-refractivity contribution in [1.29, 1.82) is 0 Å². The largest absolute Gasteiger partial charge is 0.408 e. The normalized spacial score (nSPS) is 12.4. The van der Waals surface area contributed by atoms with Gasteiger partial charge in [0, 0.05) is 6.10 Å². The zero-order valence-corrected chi connectivity index (χ0v) is 20.0. The van der Waals surface area contributed by atoms with Crippen LogP contribution in [0.5, 0.6) is 0 Å². The second-order valence-electron chi connectivity index (χ2n) is 8.37. The van der Waals surface area contributed by atoms with Crippen molar-refractivity contribution in [1.82, 2.24) is 0 Å². The van der Waals surface area contributed by atoms with Gasteiger partial charge < -0.3 is 4.43 Å². The maximum atomic E-state index is 6.92. The molecule has 0 amide bonds. The molecule has 0 heterocycles. The fourth-order valence-electron chi connectivity index (χ4n) is 4.02. The van der Waals surface area contributed by atoms with Crippen molar-refractivity contribution in [3.63, 3.8) is 0 Å². The maximum Gasteiger partial charge on any atom is 0.240 e. The van der Waals surface area contributed by atoms with Crippen molar-refractivity contribution < 1.29 is 4.43 Å². The van der Waals surface area contributed by atoms with Crippen LogP contribution in [0.25, 0.3) is 0 Å². The summed E-state index contributed by atoms with van der Waals surface area (Å²) in [6.45, 7) is 4.58. The summed E-state index contributed by atoms with van der Waals surface area (Å²) < 4.78 is 6.92. The van der Waals surface area contributed by atoms with Gasteiger partial charge in [-0.25, -0.2) is 0 Å². The highest BCUT2D eigenvalue weighted by atomic mass is 28.3. The van der Waals surface area contributed by atoms with Gasteiger partial charge in [0.2, 0.25) is 9.04 Å². The molecule has 2 aromatic carbocycles. The molecule has 0 saturated carbocycles. The maximum absolute atomic E-state index is 6.92. The van der Waals surface area contributed by atoms with E-state index in [4.69, 9.17) is 4.43 Å². The molecule has 2 rings (SSSR count). The Bertz CT molecular complexity index is 573. The average Bonchev–Trinajstić information content (AvgIpc) is 2.78. The first-order chi connectivity index (χ1) is 14.3. The van der Waals surface area contributed by atoms with Crippen LogP contribution in [0.2, 0.25) is 0 Å². The molecule has 0 radical (unpaired) electrons. The number of hydrogen-bond acceptors (Lipinski definition) is 1. The predicted molar refractivity (Wildman–Crippen MR) is 131 cm³/mol. The highest BCUT2D eigenvalue weighted by molar-refractivity contribution is 6.80. The molecule has 0 aliphatic heterocycles. The summed E-state index contributed by atoms with van der Waals surface area (Å²) in [5, 5.41) is 2.80. The van der Waals surface area contributed by atoms with E-state index in [9.17, 15) is 0 Å². The van der Waals surface area contributed by atoms with Gasteiger partial charge in [-0.3, -0.25) is 0 Å². The van der Waals surface area contributed by atoms with E-state index in [0.29, 0.717) is 6.10 Å². The summed E-state index contributed by atoms with van der Waals surface area (Å²) in [6, 6.07) is 21.9. The summed E-state index contributed by atoms with van der Waals surface area (Å²) in [5.41, 5.74) is 0. The zero-order valence-electron chi connectivity index (χ0n) is 18.8. The molecule has 1 unspecified atom stereocenters. The minimum Gasteiger partial charge on any atom is -0.408 e. The SMILES string of the molecule is CCCCCCCCCCC(CCCC)O[SiH](c1ccccc1)c1ccccc1. The minimum atomic E-state index is -1.63. The molecule has 0 aromatic heterocycles. The van der Waals surface area contributed by atoms with E-state index < -0.39 is 9.04 Å². The Morgan fingerprint density at radius 2 is 1.03 bits per heavy atom. The fourth-order valence-corrected chi connectivity index (χ4v) is 6.52. The monoisotopic (exact) mass is 410 g/mol. The molecule has 0 aliphatic rings. The quantitative estimate of drug-likeness (QED) is 0.223. The van der Waals surface area contributed by atoms with E-state index in [-0.39, 0.29) is 0 Å². The lowest BCUT2D eigenvalue weighted by atomic mass is 10.0. The molecule has 1 atom stereocenters. The van der Waals surface area contributed by atoms with Gasteiger partial charge in [0.25, 0.3) is 0 Å². The van der Waals surface area contributed by atoms with Gasteiger partial charge >= 0.3 is 0 Å². The van der Waals surface area contributed by atoms with E-state index in [1.807, 2.05) is 0 Å². The predicted octanol–water partition coefficient (Wildman–Crippen LogP) is 6.63. The molecule has 1 nitrogen and oxygen atoms in total. The third-order valence-electron chi connectivity index (χ3n) is 5.79. The molecule has 29 heavy (non-hydrogen) atoms. The second kappa shape index (κ2) is 15.5. The first-order valence-electron chi connectivity index (χ1n) is 12.1. The highest BCUT2D eigenvalue weighted by Gasteiger charge is 2.22. The van der Waals surface area contributed by atoms with E-state index in [2.05, 4.69) is 74.5 Å². The van der Waals surface area contributed by atoms with E-state index in [1.54, 1.807) is 0 Å². The zero-order chi connectivity index (χ0) is 20.6. The molecular formula is C27H42OSi. The molecule has 0 saturated heterocycles. The lowest BCUT2D eigenvalue weighted by Gasteiger charge is -2.25. The molecule has 0 fully saturated rings. The van der Waals surface area contributed by atoms with E-state index in [0.717, 1.165) is 0 Å². The minimum absolute atomic E-state index is 0.409. The highest BCUT2D eigenvalue weighted by Crippen LogP contribution is 2.16. The Kier molecular flexibility index (Phi) is 12.7. The van der Waals surface area contributed by atoms with Gasteiger partial charge in [-0.2, -0.15) is 0 Å². The third kappa shape index (κ3) is 9.78. The molecule has 0 N–H and O–H groups in total. The van der Waals surface area contributed by atoms with E-state index in [1.165, 1.54) is 87.4 Å². The molecular weight excluding hydrogens is 368 g/mol. The smallest absolute Gasteiger partial charge is 0.240 e. The van der Waals surface area contributed by atoms with Gasteiger partial charge in [0.05, 0.1) is 0 Å². The third-order valence-corrected chi connectivity index (χ3v) is 8.43. The van der Waals surface area contributed by atoms with Gasteiger partial charge in [0.15, 0.2) is 0 Å². The van der Waals surface area contributed by atoms with Crippen LogP contribution in [0.15, 0.2) is 60.7 Å². The van der Waals surface area contributed by atoms with Crippen LogP contribution in [0.4, 0.5) is 0 Å². The Balaban J connectivity index is 1.91. The van der Waals surface area contributed by atoms with Gasteiger partial charge in [0.1, 0.15) is 0 Å². The van der Waals surface area contributed by atoms with Crippen LogP contribution < -0.4 is 10.4 Å².